The van der Waals surface area contributed by atoms with E-state index < -0.39 is 23.8 Å². The van der Waals surface area contributed by atoms with Gasteiger partial charge in [0.05, 0.1) is 0 Å². The molecule has 0 aromatic heterocycles. The third kappa shape index (κ3) is 7.72. The standard InChI is InChI=1S/C22H38O6/c1-9-11-15(7)19(23)17(13(3)4)21(25)27-28-22(26)18(14(5)6)20(24)16(8)12-10-2/h13-18H,9-12H2,1-8H3. The second-order valence-electron chi connectivity index (χ2n) is 8.43. The van der Waals surface area contributed by atoms with Gasteiger partial charge in [-0.2, -0.15) is 0 Å². The molecule has 4 unspecified atom stereocenters. The van der Waals surface area contributed by atoms with Gasteiger partial charge in [-0.25, -0.2) is 19.4 Å². The molecule has 0 N–H and O–H groups in total. The highest BCUT2D eigenvalue weighted by molar-refractivity contribution is 6.02. The van der Waals surface area contributed by atoms with Gasteiger partial charge >= 0.3 is 11.9 Å². The average Bonchev–Trinajstić information content (AvgIpc) is 2.59. The number of hydrogen-bond donors (Lipinski definition) is 0. The Morgan fingerprint density at radius 1 is 0.607 bits per heavy atom. The summed E-state index contributed by atoms with van der Waals surface area (Å²) in [5.74, 6) is -5.32. The molecule has 0 heterocycles. The zero-order chi connectivity index (χ0) is 22.0. The second kappa shape index (κ2) is 12.7. The van der Waals surface area contributed by atoms with Gasteiger partial charge in [-0.05, 0) is 24.7 Å². The van der Waals surface area contributed by atoms with Crippen LogP contribution in [0.15, 0.2) is 0 Å². The molecular formula is C22H38O6. The van der Waals surface area contributed by atoms with Crippen molar-refractivity contribution in [3.8, 4) is 0 Å². The van der Waals surface area contributed by atoms with Gasteiger partial charge in [0.15, 0.2) is 0 Å². The van der Waals surface area contributed by atoms with Gasteiger partial charge in [0, 0.05) is 11.8 Å². The molecule has 4 atom stereocenters. The molecule has 0 amide bonds. The number of ketones is 2. The lowest BCUT2D eigenvalue weighted by Crippen LogP contribution is -2.37. The van der Waals surface area contributed by atoms with Gasteiger partial charge in [0.1, 0.15) is 23.4 Å². The maximum atomic E-state index is 12.6. The first-order valence-corrected chi connectivity index (χ1v) is 10.5. The van der Waals surface area contributed by atoms with Gasteiger partial charge < -0.3 is 0 Å². The fourth-order valence-corrected chi connectivity index (χ4v) is 3.38. The van der Waals surface area contributed by atoms with Crippen molar-refractivity contribution in [3.63, 3.8) is 0 Å². The molecule has 0 rings (SSSR count). The van der Waals surface area contributed by atoms with Gasteiger partial charge in [-0.1, -0.05) is 68.2 Å². The van der Waals surface area contributed by atoms with Crippen LogP contribution in [0.25, 0.3) is 0 Å². The number of Topliss-reactive ketones (excluding diaryl/α,β-unsaturated/α-hetero) is 2. The normalized spacial score (nSPS) is 15.6. The maximum Gasteiger partial charge on any atom is 0.366 e. The molecule has 0 aromatic carbocycles. The van der Waals surface area contributed by atoms with Crippen LogP contribution in [-0.4, -0.2) is 23.5 Å². The molecule has 0 radical (unpaired) electrons. The summed E-state index contributed by atoms with van der Waals surface area (Å²) in [4.78, 5) is 59.5. The SMILES string of the molecule is CCCC(C)C(=O)C(C(=O)OOC(=O)C(C(=O)C(C)CCC)C(C)C)C(C)C. The van der Waals surface area contributed by atoms with Crippen molar-refractivity contribution < 1.29 is 29.0 Å². The molecule has 0 aliphatic carbocycles. The molecular weight excluding hydrogens is 360 g/mol. The van der Waals surface area contributed by atoms with Crippen LogP contribution in [0.2, 0.25) is 0 Å². The first-order chi connectivity index (χ1) is 13.0. The molecule has 0 aliphatic rings. The number of rotatable bonds is 12. The van der Waals surface area contributed by atoms with E-state index >= 15 is 0 Å². The van der Waals surface area contributed by atoms with Crippen LogP contribution in [0.1, 0.15) is 81.1 Å². The number of carbonyl (C=O) groups is 4. The van der Waals surface area contributed by atoms with Crippen LogP contribution in [0.5, 0.6) is 0 Å². The van der Waals surface area contributed by atoms with Gasteiger partial charge in [-0.15, -0.1) is 0 Å². The van der Waals surface area contributed by atoms with Crippen LogP contribution in [0.3, 0.4) is 0 Å². The quantitative estimate of drug-likeness (QED) is 0.272. The Labute approximate surface area is 169 Å². The highest BCUT2D eigenvalue weighted by Crippen LogP contribution is 2.24. The second-order valence-corrected chi connectivity index (χ2v) is 8.43. The largest absolute Gasteiger partial charge is 0.366 e. The third-order valence-electron chi connectivity index (χ3n) is 5.07. The lowest BCUT2D eigenvalue weighted by molar-refractivity contribution is -0.266. The highest BCUT2D eigenvalue weighted by atomic mass is 17.2. The number of carbonyl (C=O) groups excluding carboxylic acids is 4. The molecule has 0 saturated heterocycles. The fraction of sp³-hybridized carbons (Fsp3) is 0.818. The first-order valence-electron chi connectivity index (χ1n) is 10.5. The molecule has 0 saturated carbocycles. The van der Waals surface area contributed by atoms with Crippen molar-refractivity contribution in [3.05, 3.63) is 0 Å². The summed E-state index contributed by atoms with van der Waals surface area (Å²) in [7, 11) is 0. The van der Waals surface area contributed by atoms with E-state index in [0.717, 1.165) is 12.8 Å². The van der Waals surface area contributed by atoms with Crippen molar-refractivity contribution in [2.75, 3.05) is 0 Å². The predicted octanol–water partition coefficient (Wildman–Crippen LogP) is 4.54. The molecule has 0 spiro atoms. The Kier molecular flexibility index (Phi) is 11.9. The lowest BCUT2D eigenvalue weighted by atomic mass is 9.84. The van der Waals surface area contributed by atoms with E-state index in [9.17, 15) is 19.2 Å². The Hall–Kier alpha value is -1.72. The summed E-state index contributed by atoms with van der Waals surface area (Å²) in [6.45, 7) is 14.5. The molecule has 162 valence electrons. The molecule has 6 nitrogen and oxygen atoms in total. The maximum absolute atomic E-state index is 12.6. The van der Waals surface area contributed by atoms with Gasteiger partial charge in [0.25, 0.3) is 0 Å². The average molecular weight is 399 g/mol. The zero-order valence-electron chi connectivity index (χ0n) is 18.7. The van der Waals surface area contributed by atoms with Crippen LogP contribution in [0, 0.1) is 35.5 Å². The first kappa shape index (κ1) is 26.3. The van der Waals surface area contributed by atoms with Crippen LogP contribution in [-0.2, 0) is 29.0 Å². The molecule has 28 heavy (non-hydrogen) atoms. The van der Waals surface area contributed by atoms with Crippen molar-refractivity contribution in [2.24, 2.45) is 35.5 Å². The van der Waals surface area contributed by atoms with E-state index in [2.05, 4.69) is 0 Å². The minimum absolute atomic E-state index is 0.217. The van der Waals surface area contributed by atoms with Crippen molar-refractivity contribution in [2.45, 2.75) is 81.1 Å². The Balaban J connectivity index is 5.14. The molecule has 0 fully saturated rings. The molecule has 0 aliphatic heterocycles. The Bertz CT molecular complexity index is 489. The summed E-state index contributed by atoms with van der Waals surface area (Å²) in [5.41, 5.74) is 0. The third-order valence-corrected chi connectivity index (χ3v) is 5.07. The summed E-state index contributed by atoms with van der Waals surface area (Å²) in [6, 6.07) is 0. The van der Waals surface area contributed by atoms with E-state index in [1.807, 2.05) is 13.8 Å². The highest BCUT2D eigenvalue weighted by Gasteiger charge is 2.38. The van der Waals surface area contributed by atoms with E-state index in [1.165, 1.54) is 0 Å². The van der Waals surface area contributed by atoms with Crippen molar-refractivity contribution in [1.82, 2.24) is 0 Å². The summed E-state index contributed by atoms with van der Waals surface area (Å²) < 4.78 is 0. The van der Waals surface area contributed by atoms with E-state index in [0.29, 0.717) is 12.8 Å². The molecule has 0 bridgehead atoms. The van der Waals surface area contributed by atoms with Crippen LogP contribution in [0.4, 0.5) is 0 Å². The van der Waals surface area contributed by atoms with E-state index in [4.69, 9.17) is 9.78 Å². The zero-order valence-corrected chi connectivity index (χ0v) is 18.7. The summed E-state index contributed by atoms with van der Waals surface area (Å²) in [6.07, 6.45) is 3.01. The minimum Gasteiger partial charge on any atom is -0.298 e. The summed E-state index contributed by atoms with van der Waals surface area (Å²) >= 11 is 0. The van der Waals surface area contributed by atoms with E-state index in [1.54, 1.807) is 41.5 Å². The fourth-order valence-electron chi connectivity index (χ4n) is 3.38. The summed E-state index contributed by atoms with van der Waals surface area (Å²) in [5, 5.41) is 0. The number of hydrogen-bond acceptors (Lipinski definition) is 6. The van der Waals surface area contributed by atoms with Crippen LogP contribution < -0.4 is 0 Å². The molecule has 6 heteroatoms. The van der Waals surface area contributed by atoms with Crippen molar-refractivity contribution in [1.29, 1.82) is 0 Å². The smallest absolute Gasteiger partial charge is 0.298 e. The predicted molar refractivity (Wildman–Crippen MR) is 107 cm³/mol. The molecule has 0 aromatic rings. The Morgan fingerprint density at radius 2 is 0.893 bits per heavy atom. The van der Waals surface area contributed by atoms with Gasteiger partial charge in [-0.3, -0.25) is 9.59 Å². The Morgan fingerprint density at radius 3 is 1.11 bits per heavy atom. The van der Waals surface area contributed by atoms with Crippen LogP contribution >= 0.6 is 0 Å². The minimum atomic E-state index is -0.999. The lowest BCUT2D eigenvalue weighted by Gasteiger charge is -2.22. The van der Waals surface area contributed by atoms with Crippen molar-refractivity contribution >= 4 is 23.5 Å². The van der Waals surface area contributed by atoms with E-state index in [-0.39, 0.29) is 35.2 Å². The topological polar surface area (TPSA) is 86.7 Å². The van der Waals surface area contributed by atoms with Gasteiger partial charge in [0.2, 0.25) is 0 Å². The monoisotopic (exact) mass is 398 g/mol.